The molecule has 5 heteroatoms. The average molecular weight is 288 g/mol. The minimum absolute atomic E-state index is 0.893. The van der Waals surface area contributed by atoms with E-state index in [1.165, 1.54) is 17.0 Å². The smallest absolute Gasteiger partial charge is 0.125 e. The summed E-state index contributed by atoms with van der Waals surface area (Å²) in [6, 6.07) is 0. The van der Waals surface area contributed by atoms with Gasteiger partial charge in [0.1, 0.15) is 5.82 Å². The van der Waals surface area contributed by atoms with Crippen LogP contribution in [0.4, 0.5) is 0 Å². The van der Waals surface area contributed by atoms with Crippen molar-refractivity contribution in [2.24, 2.45) is 0 Å². The number of thiazole rings is 1. The Morgan fingerprint density at radius 1 is 1.10 bits per heavy atom. The molecule has 1 aliphatic heterocycles. The molecular formula is C15H20N4S. The summed E-state index contributed by atoms with van der Waals surface area (Å²) < 4.78 is 0. The summed E-state index contributed by atoms with van der Waals surface area (Å²) in [5.74, 6) is 0.893. The lowest BCUT2D eigenvalue weighted by molar-refractivity contribution is 0.276. The predicted molar refractivity (Wildman–Crippen MR) is 81.0 cm³/mol. The molecule has 0 N–H and O–H groups in total. The fourth-order valence-electron chi connectivity index (χ4n) is 2.85. The van der Waals surface area contributed by atoms with Crippen LogP contribution in [-0.4, -0.2) is 32.9 Å². The number of hydrogen-bond acceptors (Lipinski definition) is 5. The molecule has 3 rings (SSSR count). The zero-order valence-electron chi connectivity index (χ0n) is 12.3. The molecule has 20 heavy (non-hydrogen) atoms. The molecular weight excluding hydrogens is 268 g/mol. The lowest BCUT2D eigenvalue weighted by Crippen LogP contribution is -2.26. The molecule has 0 bridgehead atoms. The van der Waals surface area contributed by atoms with E-state index in [2.05, 4.69) is 39.1 Å². The zero-order valence-corrected chi connectivity index (χ0v) is 13.1. The third-order valence-electron chi connectivity index (χ3n) is 3.81. The van der Waals surface area contributed by atoms with Gasteiger partial charge in [-0.25, -0.2) is 15.0 Å². The maximum Gasteiger partial charge on any atom is 0.125 e. The van der Waals surface area contributed by atoms with Gasteiger partial charge in [-0.15, -0.1) is 11.3 Å². The second kappa shape index (κ2) is 5.58. The molecule has 0 fully saturated rings. The first-order chi connectivity index (χ1) is 9.61. The summed E-state index contributed by atoms with van der Waals surface area (Å²) in [6.45, 7) is 9.22. The van der Waals surface area contributed by atoms with Crippen LogP contribution in [0.3, 0.4) is 0 Å². The molecule has 0 aliphatic carbocycles. The van der Waals surface area contributed by atoms with E-state index in [9.17, 15) is 0 Å². The third kappa shape index (κ3) is 2.88. The van der Waals surface area contributed by atoms with Gasteiger partial charge in [0.05, 0.1) is 10.7 Å². The Morgan fingerprint density at radius 2 is 1.90 bits per heavy atom. The average Bonchev–Trinajstić information content (AvgIpc) is 2.67. The fourth-order valence-corrected chi connectivity index (χ4v) is 3.46. The van der Waals surface area contributed by atoms with Gasteiger partial charge in [0.15, 0.2) is 0 Å². The Kier molecular flexibility index (Phi) is 3.81. The topological polar surface area (TPSA) is 41.9 Å². The van der Waals surface area contributed by atoms with Crippen LogP contribution in [0.5, 0.6) is 0 Å². The largest absolute Gasteiger partial charge is 0.297 e. The van der Waals surface area contributed by atoms with Gasteiger partial charge in [-0.1, -0.05) is 0 Å². The number of nitrogens with zero attached hydrogens (tertiary/aromatic N) is 4. The van der Waals surface area contributed by atoms with Gasteiger partial charge >= 0.3 is 0 Å². The zero-order chi connectivity index (χ0) is 14.1. The molecule has 4 nitrogen and oxygen atoms in total. The monoisotopic (exact) mass is 288 g/mol. The van der Waals surface area contributed by atoms with Crippen molar-refractivity contribution in [2.45, 2.75) is 40.2 Å². The van der Waals surface area contributed by atoms with Crippen LogP contribution < -0.4 is 0 Å². The Balaban J connectivity index is 1.74. The van der Waals surface area contributed by atoms with E-state index in [1.807, 2.05) is 6.92 Å². The highest BCUT2D eigenvalue weighted by atomic mass is 32.1. The van der Waals surface area contributed by atoms with Crippen molar-refractivity contribution in [3.8, 4) is 0 Å². The normalized spacial score (nSPS) is 15.9. The van der Waals surface area contributed by atoms with Gasteiger partial charge in [0.2, 0.25) is 0 Å². The van der Waals surface area contributed by atoms with E-state index >= 15 is 0 Å². The first-order valence-corrected chi connectivity index (χ1v) is 7.96. The van der Waals surface area contributed by atoms with Gasteiger partial charge in [-0.2, -0.15) is 0 Å². The van der Waals surface area contributed by atoms with Crippen LogP contribution in [0.25, 0.3) is 0 Å². The van der Waals surface area contributed by atoms with E-state index in [-0.39, 0.29) is 0 Å². The van der Waals surface area contributed by atoms with Crippen LogP contribution in [-0.2, 0) is 19.4 Å². The van der Waals surface area contributed by atoms with Gasteiger partial charge in [0, 0.05) is 42.8 Å². The van der Waals surface area contributed by atoms with Crippen molar-refractivity contribution >= 4 is 11.3 Å². The van der Waals surface area contributed by atoms with E-state index in [0.717, 1.165) is 49.0 Å². The molecule has 2 aromatic rings. The molecule has 0 spiro atoms. The van der Waals surface area contributed by atoms with Gasteiger partial charge in [-0.05, 0) is 32.8 Å². The highest BCUT2D eigenvalue weighted by Gasteiger charge is 2.18. The molecule has 3 heterocycles. The maximum atomic E-state index is 4.63. The minimum atomic E-state index is 0.893. The van der Waals surface area contributed by atoms with Gasteiger partial charge in [-0.3, -0.25) is 4.90 Å². The number of hydrogen-bond donors (Lipinski definition) is 0. The van der Waals surface area contributed by atoms with Crippen molar-refractivity contribution in [1.29, 1.82) is 0 Å². The molecule has 0 unspecified atom stereocenters. The Labute approximate surface area is 123 Å². The minimum Gasteiger partial charge on any atom is -0.297 e. The Hall–Kier alpha value is -1.33. The summed E-state index contributed by atoms with van der Waals surface area (Å²) in [6.07, 6.45) is 2.06. The highest BCUT2D eigenvalue weighted by molar-refractivity contribution is 7.09. The Morgan fingerprint density at radius 3 is 2.65 bits per heavy atom. The van der Waals surface area contributed by atoms with Crippen molar-refractivity contribution in [3.05, 3.63) is 38.9 Å². The van der Waals surface area contributed by atoms with E-state index < -0.39 is 0 Å². The lowest BCUT2D eigenvalue weighted by Gasteiger charge is -2.18. The van der Waals surface area contributed by atoms with Gasteiger partial charge in [0.25, 0.3) is 0 Å². The summed E-state index contributed by atoms with van der Waals surface area (Å²) in [5, 5.41) is 3.32. The van der Waals surface area contributed by atoms with Crippen molar-refractivity contribution in [1.82, 2.24) is 19.9 Å². The summed E-state index contributed by atoms with van der Waals surface area (Å²) in [5.41, 5.74) is 4.94. The molecule has 0 amide bonds. The van der Waals surface area contributed by atoms with E-state index in [0.29, 0.717) is 0 Å². The predicted octanol–water partition coefficient (Wildman–Crippen LogP) is 2.46. The molecule has 0 saturated heterocycles. The highest BCUT2D eigenvalue weighted by Crippen LogP contribution is 2.19. The van der Waals surface area contributed by atoms with Crippen molar-refractivity contribution < 1.29 is 0 Å². The number of aromatic nitrogens is 3. The molecule has 2 aromatic heterocycles. The van der Waals surface area contributed by atoms with Crippen LogP contribution in [0.1, 0.15) is 33.5 Å². The summed E-state index contributed by atoms with van der Waals surface area (Å²) >= 11 is 1.73. The third-order valence-corrected chi connectivity index (χ3v) is 4.63. The second-order valence-corrected chi connectivity index (χ2v) is 6.48. The van der Waals surface area contributed by atoms with Crippen LogP contribution in [0.2, 0.25) is 0 Å². The molecule has 0 aromatic carbocycles. The quantitative estimate of drug-likeness (QED) is 0.851. The first-order valence-electron chi connectivity index (χ1n) is 7.08. The van der Waals surface area contributed by atoms with E-state index in [1.54, 1.807) is 11.3 Å². The van der Waals surface area contributed by atoms with Gasteiger partial charge < -0.3 is 0 Å². The second-order valence-electron chi connectivity index (χ2n) is 5.42. The number of rotatable bonds is 2. The number of fused-ring (bicyclic) bond motifs is 1. The van der Waals surface area contributed by atoms with E-state index in [4.69, 9.17) is 0 Å². The molecule has 1 aliphatic rings. The van der Waals surface area contributed by atoms with Crippen molar-refractivity contribution in [2.75, 3.05) is 13.1 Å². The van der Waals surface area contributed by atoms with Crippen LogP contribution in [0, 0.1) is 20.8 Å². The lowest BCUT2D eigenvalue weighted by atomic mass is 10.1. The standard InChI is InChI=1S/C15H20N4S/c1-10-14-4-6-19(8-13-9-20-12(3)18-13)7-5-15(14)17-11(2)16-10/h9H,4-8H2,1-3H3. The SMILES string of the molecule is Cc1nc(C)c2c(n1)CCN(Cc1csc(C)n1)CC2. The molecule has 0 radical (unpaired) electrons. The van der Waals surface area contributed by atoms with Crippen LogP contribution >= 0.6 is 11.3 Å². The maximum absolute atomic E-state index is 4.63. The fraction of sp³-hybridized carbons (Fsp3) is 0.533. The molecule has 106 valence electrons. The Bertz CT molecular complexity index is 620. The van der Waals surface area contributed by atoms with Crippen molar-refractivity contribution in [3.63, 3.8) is 0 Å². The molecule has 0 saturated carbocycles. The summed E-state index contributed by atoms with van der Waals surface area (Å²) in [7, 11) is 0. The van der Waals surface area contributed by atoms with Crippen LogP contribution in [0.15, 0.2) is 5.38 Å². The number of aryl methyl sites for hydroxylation is 3. The molecule has 0 atom stereocenters. The summed E-state index contributed by atoms with van der Waals surface area (Å²) in [4.78, 5) is 16.2. The first kappa shape index (κ1) is 13.6.